The second-order valence-corrected chi connectivity index (χ2v) is 9.18. The van der Waals surface area contributed by atoms with E-state index in [0.717, 1.165) is 12.3 Å². The third-order valence-electron chi connectivity index (χ3n) is 4.13. The number of H-pyrrole nitrogens is 1. The van der Waals surface area contributed by atoms with Gasteiger partial charge in [0.1, 0.15) is 29.2 Å². The van der Waals surface area contributed by atoms with E-state index in [2.05, 4.69) is 20.3 Å². The zero-order valence-electron chi connectivity index (χ0n) is 15.6. The lowest BCUT2D eigenvalue weighted by Gasteiger charge is -2.19. The lowest BCUT2D eigenvalue weighted by molar-refractivity contribution is 0.146. The number of aromatic nitrogens is 3. The fourth-order valence-electron chi connectivity index (χ4n) is 2.81. The Morgan fingerprint density at radius 2 is 1.80 bits per heavy atom. The van der Waals surface area contributed by atoms with Crippen LogP contribution in [-0.2, 0) is 9.84 Å². The number of hydrogen-bond donors (Lipinski definition) is 2. The summed E-state index contributed by atoms with van der Waals surface area (Å²) >= 11 is 11.6. The van der Waals surface area contributed by atoms with Crippen molar-refractivity contribution in [1.29, 1.82) is 0 Å². The van der Waals surface area contributed by atoms with Gasteiger partial charge in [0.05, 0.1) is 15.7 Å². The minimum Gasteiger partial charge on any atom is -0.356 e. The quantitative estimate of drug-likeness (QED) is 0.514. The molecule has 0 aliphatic rings. The SMILES string of the molecule is Cc1[nH]c(C(Nc2ccc(Cl)c(C(F)F)n2)c2ccc(F)c(Cl)c2)nc1S(C)(=O)=O. The van der Waals surface area contributed by atoms with Crippen LogP contribution < -0.4 is 5.32 Å². The van der Waals surface area contributed by atoms with Gasteiger partial charge in [0.15, 0.2) is 14.9 Å². The van der Waals surface area contributed by atoms with E-state index in [4.69, 9.17) is 23.2 Å². The molecule has 2 N–H and O–H groups in total. The number of rotatable bonds is 6. The Hall–Kier alpha value is -2.30. The van der Waals surface area contributed by atoms with Crippen LogP contribution in [0.1, 0.15) is 35.2 Å². The van der Waals surface area contributed by atoms with Gasteiger partial charge in [-0.25, -0.2) is 31.6 Å². The highest BCUT2D eigenvalue weighted by Gasteiger charge is 2.25. The van der Waals surface area contributed by atoms with Crippen molar-refractivity contribution in [2.24, 2.45) is 0 Å². The van der Waals surface area contributed by atoms with Crippen molar-refractivity contribution >= 4 is 38.9 Å². The summed E-state index contributed by atoms with van der Waals surface area (Å²) in [7, 11) is -3.63. The molecule has 6 nitrogen and oxygen atoms in total. The van der Waals surface area contributed by atoms with Crippen LogP contribution in [0.4, 0.5) is 19.0 Å². The normalized spacial score (nSPS) is 12.9. The van der Waals surface area contributed by atoms with Gasteiger partial charge in [0.25, 0.3) is 6.43 Å². The number of hydrogen-bond acceptors (Lipinski definition) is 5. The third-order valence-corrected chi connectivity index (χ3v) is 5.84. The summed E-state index contributed by atoms with van der Waals surface area (Å²) in [6, 6.07) is 5.56. The summed E-state index contributed by atoms with van der Waals surface area (Å²) in [5, 5.41) is 2.35. The number of pyridine rings is 1. The number of aromatic amines is 1. The van der Waals surface area contributed by atoms with Gasteiger partial charge in [-0.3, -0.25) is 0 Å². The molecule has 3 rings (SSSR count). The van der Waals surface area contributed by atoms with Crippen LogP contribution in [0.3, 0.4) is 0 Å². The van der Waals surface area contributed by atoms with E-state index in [0.29, 0.717) is 5.56 Å². The number of nitrogens with one attached hydrogen (secondary N) is 2. The van der Waals surface area contributed by atoms with Crippen molar-refractivity contribution in [2.75, 3.05) is 11.6 Å². The van der Waals surface area contributed by atoms with Crippen molar-refractivity contribution in [1.82, 2.24) is 15.0 Å². The second-order valence-electron chi connectivity index (χ2n) is 6.44. The number of alkyl halides is 2. The van der Waals surface area contributed by atoms with E-state index < -0.39 is 33.8 Å². The monoisotopic (exact) mass is 478 g/mol. The molecule has 160 valence electrons. The van der Waals surface area contributed by atoms with Crippen LogP contribution >= 0.6 is 23.2 Å². The van der Waals surface area contributed by atoms with Gasteiger partial charge >= 0.3 is 0 Å². The van der Waals surface area contributed by atoms with Gasteiger partial charge in [-0.15, -0.1) is 0 Å². The van der Waals surface area contributed by atoms with Crippen LogP contribution in [0.5, 0.6) is 0 Å². The molecule has 1 unspecified atom stereocenters. The fourth-order valence-corrected chi connectivity index (χ4v) is 4.05. The van der Waals surface area contributed by atoms with E-state index in [1.165, 1.54) is 31.2 Å². The Morgan fingerprint density at radius 1 is 1.10 bits per heavy atom. The molecular weight excluding hydrogens is 464 g/mol. The predicted octanol–water partition coefficient (Wildman–Crippen LogP) is 5.10. The molecule has 2 heterocycles. The number of imidazole rings is 1. The molecule has 0 radical (unpaired) electrons. The number of halogens is 5. The van der Waals surface area contributed by atoms with Gasteiger partial charge in [0, 0.05) is 6.26 Å². The first-order valence-electron chi connectivity index (χ1n) is 8.40. The predicted molar refractivity (Wildman–Crippen MR) is 108 cm³/mol. The molecule has 0 bridgehead atoms. The highest BCUT2D eigenvalue weighted by atomic mass is 35.5. The maximum atomic E-state index is 13.6. The van der Waals surface area contributed by atoms with Gasteiger partial charge in [0.2, 0.25) is 0 Å². The molecule has 0 aliphatic carbocycles. The minimum absolute atomic E-state index is 0.0232. The molecule has 1 atom stereocenters. The minimum atomic E-state index is -3.63. The average molecular weight is 479 g/mol. The summed E-state index contributed by atoms with van der Waals surface area (Å²) in [5.41, 5.74) is 0.0559. The van der Waals surface area contributed by atoms with Crippen molar-refractivity contribution in [3.63, 3.8) is 0 Å². The van der Waals surface area contributed by atoms with Gasteiger partial charge < -0.3 is 10.3 Å². The van der Waals surface area contributed by atoms with E-state index in [1.807, 2.05) is 0 Å². The summed E-state index contributed by atoms with van der Waals surface area (Å²) < 4.78 is 63.9. The number of benzene rings is 1. The molecular formula is C18H15Cl2F3N4O2S. The number of sulfone groups is 1. The maximum absolute atomic E-state index is 13.6. The molecule has 30 heavy (non-hydrogen) atoms. The number of aryl methyl sites for hydroxylation is 1. The largest absolute Gasteiger partial charge is 0.356 e. The molecule has 12 heteroatoms. The molecule has 0 spiro atoms. The Bertz CT molecular complexity index is 1200. The summed E-state index contributed by atoms with van der Waals surface area (Å²) in [6.07, 6.45) is -1.90. The van der Waals surface area contributed by atoms with Gasteiger partial charge in [-0.1, -0.05) is 29.3 Å². The van der Waals surface area contributed by atoms with Crippen LogP contribution in [0.2, 0.25) is 10.0 Å². The van der Waals surface area contributed by atoms with E-state index in [-0.39, 0.29) is 32.4 Å². The van der Waals surface area contributed by atoms with Crippen molar-refractivity contribution < 1.29 is 21.6 Å². The Morgan fingerprint density at radius 3 is 2.37 bits per heavy atom. The van der Waals surface area contributed by atoms with Crippen molar-refractivity contribution in [3.05, 3.63) is 69.0 Å². The third kappa shape index (κ3) is 4.71. The molecule has 0 aliphatic heterocycles. The zero-order chi connectivity index (χ0) is 22.2. The van der Waals surface area contributed by atoms with Crippen LogP contribution in [0, 0.1) is 12.7 Å². The first-order valence-corrected chi connectivity index (χ1v) is 11.0. The van der Waals surface area contributed by atoms with E-state index in [9.17, 15) is 21.6 Å². The van der Waals surface area contributed by atoms with Crippen LogP contribution in [0.25, 0.3) is 0 Å². The zero-order valence-corrected chi connectivity index (χ0v) is 17.9. The standard InChI is InChI=1S/C18H15Cl2F3N4O2S/c1-8-18(30(2,28)29)27-17(24-8)14(9-3-5-12(21)11(20)7-9)25-13-6-4-10(19)15(26-13)16(22)23/h3-7,14,16H,1-2H3,(H,24,27)(H,25,26). The Kier molecular flexibility index (Phi) is 6.30. The summed E-state index contributed by atoms with van der Waals surface area (Å²) in [6.45, 7) is 1.52. The smallest absolute Gasteiger partial charge is 0.281 e. The first kappa shape index (κ1) is 22.4. The molecule has 3 aromatic rings. The van der Waals surface area contributed by atoms with Crippen LogP contribution in [0.15, 0.2) is 35.4 Å². The topological polar surface area (TPSA) is 87.7 Å². The highest BCUT2D eigenvalue weighted by molar-refractivity contribution is 7.90. The molecule has 0 amide bonds. The molecule has 0 saturated carbocycles. The van der Waals surface area contributed by atoms with Gasteiger partial charge in [-0.05, 0) is 36.8 Å². The fraction of sp³-hybridized carbons (Fsp3) is 0.222. The Balaban J connectivity index is 2.11. The Labute approximate surface area is 180 Å². The second kappa shape index (κ2) is 8.44. The molecule has 0 saturated heterocycles. The molecule has 0 fully saturated rings. The van der Waals surface area contributed by atoms with Crippen molar-refractivity contribution in [3.8, 4) is 0 Å². The lowest BCUT2D eigenvalue weighted by Crippen LogP contribution is -2.16. The van der Waals surface area contributed by atoms with E-state index in [1.54, 1.807) is 0 Å². The molecule has 1 aromatic carbocycles. The maximum Gasteiger partial charge on any atom is 0.281 e. The van der Waals surface area contributed by atoms with E-state index >= 15 is 0 Å². The van der Waals surface area contributed by atoms with Crippen LogP contribution in [-0.4, -0.2) is 29.6 Å². The average Bonchev–Trinajstić information content (AvgIpc) is 3.05. The molecule has 2 aromatic heterocycles. The number of nitrogens with zero attached hydrogens (tertiary/aromatic N) is 2. The van der Waals surface area contributed by atoms with Gasteiger partial charge in [-0.2, -0.15) is 0 Å². The summed E-state index contributed by atoms with van der Waals surface area (Å²) in [5.74, 6) is -0.489. The lowest BCUT2D eigenvalue weighted by atomic mass is 10.1. The highest BCUT2D eigenvalue weighted by Crippen LogP contribution is 2.31. The first-order chi connectivity index (χ1) is 14.0. The van der Waals surface area contributed by atoms with Crippen molar-refractivity contribution in [2.45, 2.75) is 24.4 Å². The summed E-state index contributed by atoms with van der Waals surface area (Å²) in [4.78, 5) is 10.8. The number of anilines is 1.